The van der Waals surface area contributed by atoms with Crippen LogP contribution in [0.4, 0.5) is 19.0 Å². The van der Waals surface area contributed by atoms with E-state index in [1.54, 1.807) is 0 Å². The molecule has 7 heterocycles. The highest BCUT2D eigenvalue weighted by Crippen LogP contribution is 2.46. The van der Waals surface area contributed by atoms with Crippen molar-refractivity contribution in [3.05, 3.63) is 47.2 Å². The minimum absolute atomic E-state index is 0.0316. The molecule has 2 aromatic heterocycles. The van der Waals surface area contributed by atoms with Crippen molar-refractivity contribution in [3.63, 3.8) is 0 Å². The largest absolute Gasteiger partial charge is 0.508 e. The second kappa shape index (κ2) is 10.9. The number of hydrogen-bond donors (Lipinski definition) is 2. The molecule has 248 valence electrons. The quantitative estimate of drug-likeness (QED) is 0.267. The predicted octanol–water partition coefficient (Wildman–Crippen LogP) is 5.66. The normalized spacial score (nSPS) is 29.2. The molecule has 6 atom stereocenters. The third-order valence-electron chi connectivity index (χ3n) is 11.7. The van der Waals surface area contributed by atoms with Gasteiger partial charge < -0.3 is 20.1 Å². The summed E-state index contributed by atoms with van der Waals surface area (Å²) in [5, 5.41) is 15.9. The van der Waals surface area contributed by atoms with Gasteiger partial charge in [0.15, 0.2) is 5.82 Å². The highest BCUT2D eigenvalue weighted by atomic mass is 19.1. The van der Waals surface area contributed by atoms with Gasteiger partial charge in [0.05, 0.1) is 22.2 Å². The molecule has 2 aromatic carbocycles. The van der Waals surface area contributed by atoms with Crippen molar-refractivity contribution < 1.29 is 23.0 Å². The minimum Gasteiger partial charge on any atom is -0.508 e. The van der Waals surface area contributed by atoms with Gasteiger partial charge in [-0.3, -0.25) is 4.90 Å². The number of phenols is 1. The first-order chi connectivity index (χ1) is 23.3. The number of aromatic nitrogens is 3. The van der Waals surface area contributed by atoms with Crippen LogP contribution in [0.15, 0.2) is 24.3 Å². The number of benzene rings is 2. The van der Waals surface area contributed by atoms with Crippen LogP contribution in [0.5, 0.6) is 11.8 Å². The van der Waals surface area contributed by atoms with Crippen molar-refractivity contribution in [2.75, 3.05) is 31.1 Å². The van der Waals surface area contributed by atoms with Crippen LogP contribution >= 0.6 is 0 Å². The molecule has 2 bridgehead atoms. The molecule has 9 rings (SSSR count). The van der Waals surface area contributed by atoms with Gasteiger partial charge in [-0.25, -0.2) is 18.2 Å². The Morgan fingerprint density at radius 2 is 2.02 bits per heavy atom. The number of pyridine rings is 1. The molecule has 0 amide bonds. The van der Waals surface area contributed by atoms with E-state index in [0.717, 1.165) is 45.2 Å². The van der Waals surface area contributed by atoms with E-state index in [2.05, 4.69) is 28.0 Å². The van der Waals surface area contributed by atoms with Gasteiger partial charge in [0.25, 0.3) is 0 Å². The van der Waals surface area contributed by atoms with Crippen LogP contribution in [0.3, 0.4) is 0 Å². The predicted molar refractivity (Wildman–Crippen MR) is 177 cm³/mol. The summed E-state index contributed by atoms with van der Waals surface area (Å²) in [5.41, 5.74) is 0.359. The maximum Gasteiger partial charge on any atom is 0.319 e. The summed E-state index contributed by atoms with van der Waals surface area (Å²) in [5.74, 6) is 1.74. The topological polar surface area (TPSA) is 86.6 Å². The molecule has 11 heteroatoms. The first-order valence-electron chi connectivity index (χ1n) is 17.1. The van der Waals surface area contributed by atoms with E-state index in [0.29, 0.717) is 53.1 Å². The lowest BCUT2D eigenvalue weighted by Gasteiger charge is -2.44. The smallest absolute Gasteiger partial charge is 0.319 e. The van der Waals surface area contributed by atoms with E-state index >= 15 is 8.78 Å². The van der Waals surface area contributed by atoms with Gasteiger partial charge in [0.2, 0.25) is 0 Å². The highest BCUT2D eigenvalue weighted by Gasteiger charge is 2.50. The summed E-state index contributed by atoms with van der Waals surface area (Å²) >= 11 is 0. The lowest BCUT2D eigenvalue weighted by atomic mass is 9.86. The fourth-order valence-electron chi connectivity index (χ4n) is 9.61. The van der Waals surface area contributed by atoms with Gasteiger partial charge >= 0.3 is 6.01 Å². The Hall–Kier alpha value is -4.14. The second-order valence-electron chi connectivity index (χ2n) is 14.4. The van der Waals surface area contributed by atoms with Crippen LogP contribution < -0.4 is 15.0 Å². The lowest BCUT2D eigenvalue weighted by molar-refractivity contribution is 0.107. The summed E-state index contributed by atoms with van der Waals surface area (Å²) < 4.78 is 53.3. The summed E-state index contributed by atoms with van der Waals surface area (Å²) in [7, 11) is 0. The fraction of sp³-hybridized carbons (Fsp3) is 0.486. The lowest BCUT2D eigenvalue weighted by Crippen LogP contribution is -2.60. The molecule has 0 aliphatic carbocycles. The molecule has 5 aliphatic heterocycles. The van der Waals surface area contributed by atoms with Crippen molar-refractivity contribution in [3.8, 4) is 35.4 Å². The van der Waals surface area contributed by atoms with E-state index in [4.69, 9.17) is 26.1 Å². The van der Waals surface area contributed by atoms with Crippen molar-refractivity contribution >= 4 is 27.5 Å². The fourth-order valence-corrected chi connectivity index (χ4v) is 9.61. The monoisotopic (exact) mass is 654 g/mol. The van der Waals surface area contributed by atoms with Crippen LogP contribution in [-0.4, -0.2) is 81.0 Å². The molecule has 2 N–H and O–H groups in total. The summed E-state index contributed by atoms with van der Waals surface area (Å²) in [6.45, 7) is 4.30. The van der Waals surface area contributed by atoms with Crippen LogP contribution in [0, 0.1) is 29.9 Å². The van der Waals surface area contributed by atoms with Crippen molar-refractivity contribution in [1.82, 2.24) is 25.2 Å². The highest BCUT2D eigenvalue weighted by molar-refractivity contribution is 6.03. The molecule has 48 heavy (non-hydrogen) atoms. The van der Waals surface area contributed by atoms with Crippen LogP contribution in [-0.2, 0) is 6.42 Å². The number of terminal acetylenes is 1. The average molecular weight is 655 g/mol. The number of rotatable bonds is 5. The maximum atomic E-state index is 17.2. The van der Waals surface area contributed by atoms with E-state index in [9.17, 15) is 9.50 Å². The van der Waals surface area contributed by atoms with Crippen molar-refractivity contribution in [2.45, 2.75) is 81.7 Å². The zero-order valence-electron chi connectivity index (χ0n) is 26.8. The number of fused-ring (bicyclic) bond motifs is 7. The third kappa shape index (κ3) is 4.41. The average Bonchev–Trinajstić information content (AvgIpc) is 3.71. The van der Waals surface area contributed by atoms with E-state index in [1.807, 2.05) is 0 Å². The van der Waals surface area contributed by atoms with Gasteiger partial charge in [-0.15, -0.1) is 6.42 Å². The summed E-state index contributed by atoms with van der Waals surface area (Å²) in [6, 6.07) is 6.30. The number of halogens is 3. The Morgan fingerprint density at radius 3 is 2.85 bits per heavy atom. The number of nitrogens with zero attached hydrogens (tertiary/aromatic N) is 5. The standard InChI is InChI=1S/C37H37F3N6O2/c1-3-19-13-28-30-33(31(40)32(42-28)25-14-23(47)12-20-6-8-26(39)24(4-2)29(20)25)43-36(48-18-37-10-5-11-45(37)16-21(38)15-37)44-35(30)46-17-22-7-9-27(41-22)34(19)46/h2,6,8,12,14,19,21-22,27,34,41,47H,3,5,7,9-11,13,15-18H2,1H3/t19-,21-,22-,27+,34+,37+/m1/s1. The Bertz CT molecular complexity index is 2030. The number of alkyl halides is 1. The summed E-state index contributed by atoms with van der Waals surface area (Å²) in [4.78, 5) is 19.2. The minimum atomic E-state index is -0.914. The SMILES string of the molecule is C#Cc1c(F)ccc2cc(O)cc(-c3nc4c5c(nc(OC[C@@]67CCCN6C[C@H](F)C7)nc5c3F)N3C[C@H]5CC[C@H](N5)[C@@H]3[C@H](CC)C4)c12. The second-order valence-corrected chi connectivity index (χ2v) is 14.4. The molecule has 0 radical (unpaired) electrons. The number of piperazine rings is 1. The van der Waals surface area contributed by atoms with Gasteiger partial charge in [-0.2, -0.15) is 9.97 Å². The molecule has 8 nitrogen and oxygen atoms in total. The van der Waals surface area contributed by atoms with Crippen molar-refractivity contribution in [2.24, 2.45) is 5.92 Å². The van der Waals surface area contributed by atoms with E-state index in [-0.39, 0.29) is 58.7 Å². The van der Waals surface area contributed by atoms with Gasteiger partial charge in [0, 0.05) is 48.6 Å². The van der Waals surface area contributed by atoms with Gasteiger partial charge in [-0.05, 0) is 68.2 Å². The summed E-state index contributed by atoms with van der Waals surface area (Å²) in [6.07, 6.45) is 10.6. The van der Waals surface area contributed by atoms with E-state index in [1.165, 1.54) is 24.3 Å². The van der Waals surface area contributed by atoms with Crippen molar-refractivity contribution in [1.29, 1.82) is 0 Å². The molecule has 4 aromatic rings. The molecule has 0 spiro atoms. The van der Waals surface area contributed by atoms with Crippen LogP contribution in [0.1, 0.15) is 56.7 Å². The zero-order valence-corrected chi connectivity index (χ0v) is 26.8. The Kier molecular flexibility index (Phi) is 6.83. The first kappa shape index (κ1) is 30.0. The number of phenolic OH excluding ortho intramolecular Hbond substituents is 1. The molecular formula is C37H37F3N6O2. The molecule has 4 saturated heterocycles. The number of anilines is 1. The molecular weight excluding hydrogens is 617 g/mol. The first-order valence-corrected chi connectivity index (χ1v) is 17.1. The molecule has 0 unspecified atom stereocenters. The number of aromatic hydroxyl groups is 1. The number of ether oxygens (including phenoxy) is 1. The maximum absolute atomic E-state index is 17.2. The Morgan fingerprint density at radius 1 is 1.15 bits per heavy atom. The number of nitrogens with one attached hydrogen (secondary N) is 1. The molecule has 5 aliphatic rings. The molecule has 0 saturated carbocycles. The van der Waals surface area contributed by atoms with Crippen LogP contribution in [0.2, 0.25) is 0 Å². The van der Waals surface area contributed by atoms with Crippen LogP contribution in [0.25, 0.3) is 32.9 Å². The Balaban J connectivity index is 1.27. The van der Waals surface area contributed by atoms with Gasteiger partial charge in [-0.1, -0.05) is 25.3 Å². The number of hydrogen-bond acceptors (Lipinski definition) is 8. The third-order valence-corrected chi connectivity index (χ3v) is 11.7. The van der Waals surface area contributed by atoms with E-state index < -0.39 is 23.3 Å². The zero-order chi connectivity index (χ0) is 32.9. The molecule has 4 fully saturated rings. The Labute approximate surface area is 276 Å². The van der Waals surface area contributed by atoms with Gasteiger partial charge in [0.1, 0.15) is 41.4 Å².